The number of aryl methyl sites for hydroxylation is 2. The summed E-state index contributed by atoms with van der Waals surface area (Å²) in [5.41, 5.74) is 3.94. The summed E-state index contributed by atoms with van der Waals surface area (Å²) in [6.07, 6.45) is 1.07. The van der Waals surface area contributed by atoms with Crippen LogP contribution in [0.3, 0.4) is 0 Å². The van der Waals surface area contributed by atoms with Gasteiger partial charge in [-0.1, -0.05) is 36.4 Å². The van der Waals surface area contributed by atoms with Crippen molar-refractivity contribution >= 4 is 17.7 Å². The highest BCUT2D eigenvalue weighted by Crippen LogP contribution is 2.20. The van der Waals surface area contributed by atoms with Crippen LogP contribution in [0.4, 0.5) is 0 Å². The zero-order valence-corrected chi connectivity index (χ0v) is 15.9. The Morgan fingerprint density at radius 3 is 2.72 bits per heavy atom. The SMILES string of the molecule is Cc1ccc(SCC(=O)N[C@@H]2CC[NH+](Cc3ccccc3)C2)cc1C. The van der Waals surface area contributed by atoms with Crippen LogP contribution in [0.5, 0.6) is 0 Å². The molecule has 4 heteroatoms. The van der Waals surface area contributed by atoms with E-state index in [-0.39, 0.29) is 5.91 Å². The van der Waals surface area contributed by atoms with Gasteiger partial charge in [0.1, 0.15) is 6.54 Å². The monoisotopic (exact) mass is 355 g/mol. The molecule has 1 fully saturated rings. The number of amides is 1. The predicted molar refractivity (Wildman–Crippen MR) is 104 cm³/mol. The highest BCUT2D eigenvalue weighted by atomic mass is 32.2. The maximum atomic E-state index is 12.2. The third kappa shape index (κ3) is 5.35. The van der Waals surface area contributed by atoms with Crippen LogP contribution in [0, 0.1) is 13.8 Å². The van der Waals surface area contributed by atoms with Crippen molar-refractivity contribution in [2.75, 3.05) is 18.8 Å². The summed E-state index contributed by atoms with van der Waals surface area (Å²) in [5.74, 6) is 0.640. The predicted octanol–water partition coefficient (Wildman–Crippen LogP) is 2.37. The Balaban J connectivity index is 1.42. The van der Waals surface area contributed by atoms with Crippen molar-refractivity contribution in [3.05, 3.63) is 65.2 Å². The third-order valence-electron chi connectivity index (χ3n) is 4.89. The highest BCUT2D eigenvalue weighted by molar-refractivity contribution is 8.00. The molecule has 0 spiro atoms. The van der Waals surface area contributed by atoms with Gasteiger partial charge in [0.25, 0.3) is 0 Å². The largest absolute Gasteiger partial charge is 0.347 e. The standard InChI is InChI=1S/C21H26N2OS/c1-16-8-9-20(12-17(16)2)25-15-21(24)22-19-10-11-23(14-19)13-18-6-4-3-5-7-18/h3-9,12,19H,10-11,13-15H2,1-2H3,(H,22,24)/p+1/t19-/m1/s1. The number of carbonyl (C=O) groups is 1. The fourth-order valence-corrected chi connectivity index (χ4v) is 4.13. The fourth-order valence-electron chi connectivity index (χ4n) is 3.32. The second-order valence-corrected chi connectivity index (χ2v) is 8.00. The normalized spacial score (nSPS) is 19.8. The number of quaternary nitrogens is 1. The van der Waals surface area contributed by atoms with Gasteiger partial charge >= 0.3 is 0 Å². The van der Waals surface area contributed by atoms with Crippen LogP contribution < -0.4 is 10.2 Å². The minimum absolute atomic E-state index is 0.147. The topological polar surface area (TPSA) is 33.5 Å². The first-order valence-corrected chi connectivity index (χ1v) is 9.95. The van der Waals surface area contributed by atoms with Crippen LogP contribution in [-0.2, 0) is 11.3 Å². The lowest BCUT2D eigenvalue weighted by Gasteiger charge is -2.14. The average Bonchev–Trinajstić information content (AvgIpc) is 3.03. The summed E-state index contributed by atoms with van der Waals surface area (Å²) in [5, 5.41) is 3.21. The zero-order chi connectivity index (χ0) is 17.6. The van der Waals surface area contributed by atoms with E-state index in [2.05, 4.69) is 67.7 Å². The minimum atomic E-state index is 0.147. The quantitative estimate of drug-likeness (QED) is 0.780. The van der Waals surface area contributed by atoms with Gasteiger partial charge in [-0.3, -0.25) is 4.79 Å². The van der Waals surface area contributed by atoms with Crippen LogP contribution in [0.25, 0.3) is 0 Å². The number of rotatable bonds is 6. The number of likely N-dealkylation sites (tertiary alicyclic amines) is 1. The molecule has 2 aromatic carbocycles. The smallest absolute Gasteiger partial charge is 0.230 e. The molecule has 0 aliphatic carbocycles. The molecule has 1 aliphatic heterocycles. The van der Waals surface area contributed by atoms with E-state index in [4.69, 9.17) is 0 Å². The molecule has 1 unspecified atom stereocenters. The second-order valence-electron chi connectivity index (χ2n) is 6.95. The van der Waals surface area contributed by atoms with E-state index >= 15 is 0 Å². The van der Waals surface area contributed by atoms with E-state index in [9.17, 15) is 4.79 Å². The van der Waals surface area contributed by atoms with Gasteiger partial charge in [0.2, 0.25) is 5.91 Å². The van der Waals surface area contributed by atoms with Gasteiger partial charge in [0, 0.05) is 16.9 Å². The number of hydrogen-bond acceptors (Lipinski definition) is 2. The van der Waals surface area contributed by atoms with Gasteiger partial charge in [0.15, 0.2) is 0 Å². The molecule has 3 nitrogen and oxygen atoms in total. The molecular weight excluding hydrogens is 328 g/mol. The second kappa shape index (κ2) is 8.54. The van der Waals surface area contributed by atoms with Crippen molar-refractivity contribution < 1.29 is 9.69 Å². The summed E-state index contributed by atoms with van der Waals surface area (Å²) < 4.78 is 0. The first-order valence-electron chi connectivity index (χ1n) is 8.97. The molecule has 2 atom stereocenters. The average molecular weight is 356 g/mol. The highest BCUT2D eigenvalue weighted by Gasteiger charge is 2.27. The first-order chi connectivity index (χ1) is 12.1. The Morgan fingerprint density at radius 1 is 1.16 bits per heavy atom. The maximum absolute atomic E-state index is 12.2. The Bertz CT molecular complexity index is 717. The Kier molecular flexibility index (Phi) is 6.16. The minimum Gasteiger partial charge on any atom is -0.347 e. The van der Waals surface area contributed by atoms with Gasteiger partial charge in [0.05, 0.1) is 24.9 Å². The number of nitrogens with one attached hydrogen (secondary N) is 2. The van der Waals surface area contributed by atoms with Gasteiger partial charge < -0.3 is 10.2 Å². The lowest BCUT2D eigenvalue weighted by molar-refractivity contribution is -0.901. The lowest BCUT2D eigenvalue weighted by atomic mass is 10.1. The summed E-state index contributed by atoms with van der Waals surface area (Å²) in [6.45, 7) is 7.42. The molecule has 2 aromatic rings. The Labute approximate surface area is 154 Å². The number of hydrogen-bond donors (Lipinski definition) is 2. The Morgan fingerprint density at radius 2 is 1.96 bits per heavy atom. The van der Waals surface area contributed by atoms with Crippen molar-refractivity contribution in [1.29, 1.82) is 0 Å². The molecule has 1 aliphatic rings. The van der Waals surface area contributed by atoms with E-state index in [1.165, 1.54) is 21.6 Å². The van der Waals surface area contributed by atoms with Crippen LogP contribution in [0.1, 0.15) is 23.1 Å². The number of benzene rings is 2. The van der Waals surface area contributed by atoms with E-state index in [1.807, 2.05) is 0 Å². The molecule has 3 rings (SSSR count). The fraction of sp³-hybridized carbons (Fsp3) is 0.381. The van der Waals surface area contributed by atoms with Crippen LogP contribution >= 0.6 is 11.8 Å². The van der Waals surface area contributed by atoms with E-state index in [0.717, 1.165) is 26.1 Å². The van der Waals surface area contributed by atoms with Crippen molar-refractivity contribution in [2.45, 2.75) is 37.8 Å². The number of thioether (sulfide) groups is 1. The van der Waals surface area contributed by atoms with Gasteiger partial charge in [-0.15, -0.1) is 11.8 Å². The molecule has 0 bridgehead atoms. The molecule has 0 radical (unpaired) electrons. The third-order valence-corrected chi connectivity index (χ3v) is 5.89. The summed E-state index contributed by atoms with van der Waals surface area (Å²) in [7, 11) is 0. The van der Waals surface area contributed by atoms with Crippen molar-refractivity contribution in [1.82, 2.24) is 5.32 Å². The molecule has 132 valence electrons. The van der Waals surface area contributed by atoms with Crippen molar-refractivity contribution in [3.63, 3.8) is 0 Å². The van der Waals surface area contributed by atoms with Gasteiger partial charge in [-0.05, 0) is 37.1 Å². The molecule has 1 amide bonds. The summed E-state index contributed by atoms with van der Waals surface area (Å²) >= 11 is 1.62. The summed E-state index contributed by atoms with van der Waals surface area (Å²) in [6, 6.07) is 17.3. The van der Waals surface area contributed by atoms with Crippen molar-refractivity contribution in [2.24, 2.45) is 0 Å². The summed E-state index contributed by atoms with van der Waals surface area (Å²) in [4.78, 5) is 15.0. The molecule has 1 saturated heterocycles. The molecule has 2 N–H and O–H groups in total. The van der Waals surface area contributed by atoms with E-state index in [0.29, 0.717) is 11.8 Å². The maximum Gasteiger partial charge on any atom is 0.230 e. The van der Waals surface area contributed by atoms with Crippen LogP contribution in [0.2, 0.25) is 0 Å². The van der Waals surface area contributed by atoms with E-state index < -0.39 is 0 Å². The molecule has 1 heterocycles. The van der Waals surface area contributed by atoms with Crippen molar-refractivity contribution in [3.8, 4) is 0 Å². The van der Waals surface area contributed by atoms with Gasteiger partial charge in [-0.2, -0.15) is 0 Å². The molecule has 0 aromatic heterocycles. The molecule has 0 saturated carbocycles. The van der Waals surface area contributed by atoms with Gasteiger partial charge in [-0.25, -0.2) is 0 Å². The lowest BCUT2D eigenvalue weighted by Crippen LogP contribution is -3.09. The Hall–Kier alpha value is -1.78. The zero-order valence-electron chi connectivity index (χ0n) is 15.0. The molecular formula is C21H27N2OS+. The van der Waals surface area contributed by atoms with Crippen LogP contribution in [-0.4, -0.2) is 30.8 Å². The number of carbonyl (C=O) groups excluding carboxylic acids is 1. The molecule has 25 heavy (non-hydrogen) atoms. The first kappa shape index (κ1) is 18.0. The van der Waals surface area contributed by atoms with Crippen LogP contribution in [0.15, 0.2) is 53.4 Å². The van der Waals surface area contributed by atoms with E-state index in [1.54, 1.807) is 16.7 Å².